The fourth-order valence-electron chi connectivity index (χ4n) is 2.40. The zero-order valence-electron chi connectivity index (χ0n) is 14.8. The average Bonchev–Trinajstić information content (AvgIpc) is 2.69. The summed E-state index contributed by atoms with van der Waals surface area (Å²) >= 11 is 5.96. The highest BCUT2D eigenvalue weighted by atomic mass is 35.5. The molecule has 0 saturated heterocycles. The van der Waals surface area contributed by atoms with E-state index in [1.807, 2.05) is 18.2 Å². The number of sulfonamides is 1. The van der Waals surface area contributed by atoms with Gasteiger partial charge in [0.05, 0.1) is 28.3 Å². The van der Waals surface area contributed by atoms with Crippen molar-refractivity contribution < 1.29 is 22.7 Å². The van der Waals surface area contributed by atoms with Gasteiger partial charge in [0.2, 0.25) is 0 Å². The van der Waals surface area contributed by atoms with Crippen molar-refractivity contribution in [1.29, 1.82) is 0 Å². The van der Waals surface area contributed by atoms with Gasteiger partial charge in [-0.05, 0) is 42.5 Å². The van der Waals surface area contributed by atoms with Gasteiger partial charge < -0.3 is 9.47 Å². The van der Waals surface area contributed by atoms with Crippen molar-refractivity contribution >= 4 is 33.3 Å². The Bertz CT molecular complexity index is 1100. The number of carbonyl (C=O) groups is 1. The third kappa shape index (κ3) is 4.44. The summed E-state index contributed by atoms with van der Waals surface area (Å²) in [5.41, 5.74) is 0.210. The van der Waals surface area contributed by atoms with Crippen LogP contribution in [0.5, 0.6) is 11.5 Å². The Labute approximate surface area is 167 Å². The van der Waals surface area contributed by atoms with Gasteiger partial charge in [-0.1, -0.05) is 41.9 Å². The molecule has 0 fully saturated rings. The topological polar surface area (TPSA) is 81.7 Å². The zero-order chi connectivity index (χ0) is 20.1. The molecule has 0 spiro atoms. The van der Waals surface area contributed by atoms with E-state index in [0.29, 0.717) is 11.5 Å². The van der Waals surface area contributed by atoms with E-state index in [-0.39, 0.29) is 21.2 Å². The highest BCUT2D eigenvalue weighted by Crippen LogP contribution is 2.31. The van der Waals surface area contributed by atoms with Crippen LogP contribution in [0, 0.1) is 0 Å². The van der Waals surface area contributed by atoms with Crippen molar-refractivity contribution in [1.82, 2.24) is 0 Å². The summed E-state index contributed by atoms with van der Waals surface area (Å²) < 4.78 is 38.5. The predicted molar refractivity (Wildman–Crippen MR) is 107 cm³/mol. The highest BCUT2D eigenvalue weighted by molar-refractivity contribution is 7.92. The van der Waals surface area contributed by atoms with Crippen molar-refractivity contribution in [2.45, 2.75) is 4.90 Å². The first-order valence-corrected chi connectivity index (χ1v) is 9.99. The van der Waals surface area contributed by atoms with Gasteiger partial charge in [-0.25, -0.2) is 13.2 Å². The summed E-state index contributed by atoms with van der Waals surface area (Å²) in [6, 6.07) is 19.4. The van der Waals surface area contributed by atoms with Gasteiger partial charge >= 0.3 is 5.97 Å². The van der Waals surface area contributed by atoms with Crippen LogP contribution in [-0.4, -0.2) is 21.5 Å². The van der Waals surface area contributed by atoms with Crippen LogP contribution in [0.15, 0.2) is 77.7 Å². The lowest BCUT2D eigenvalue weighted by Gasteiger charge is -2.14. The summed E-state index contributed by atoms with van der Waals surface area (Å²) in [5.74, 6) is 0.169. The van der Waals surface area contributed by atoms with Gasteiger partial charge in [-0.2, -0.15) is 0 Å². The average molecular weight is 418 g/mol. The molecule has 0 aliphatic heterocycles. The van der Waals surface area contributed by atoms with Crippen LogP contribution in [0.1, 0.15) is 10.4 Å². The highest BCUT2D eigenvalue weighted by Gasteiger charge is 2.20. The van der Waals surface area contributed by atoms with Gasteiger partial charge in [0.25, 0.3) is 10.0 Å². The van der Waals surface area contributed by atoms with Crippen molar-refractivity contribution in [3.8, 4) is 11.5 Å². The quantitative estimate of drug-likeness (QED) is 0.587. The van der Waals surface area contributed by atoms with Crippen molar-refractivity contribution in [2.75, 3.05) is 11.8 Å². The Morgan fingerprint density at radius 1 is 0.964 bits per heavy atom. The molecule has 3 rings (SSSR count). The van der Waals surface area contributed by atoms with E-state index >= 15 is 0 Å². The molecule has 0 atom stereocenters. The maximum absolute atomic E-state index is 12.8. The number of anilines is 1. The minimum Gasteiger partial charge on any atom is -0.465 e. The molecule has 0 bridgehead atoms. The standard InChI is InChI=1S/C20H16ClNO5S/c1-26-20(23)16-13-15(11-12-17(16)21)28(24,25)22-18-9-5-6-10-19(18)27-14-7-3-2-4-8-14/h2-13,22H,1H3. The van der Waals surface area contributed by atoms with E-state index in [9.17, 15) is 13.2 Å². The van der Waals surface area contributed by atoms with E-state index in [2.05, 4.69) is 9.46 Å². The minimum absolute atomic E-state index is 0.0409. The molecular weight excluding hydrogens is 402 g/mol. The lowest BCUT2D eigenvalue weighted by Crippen LogP contribution is -2.14. The van der Waals surface area contributed by atoms with Crippen LogP contribution in [0.3, 0.4) is 0 Å². The molecule has 3 aromatic carbocycles. The molecule has 0 aromatic heterocycles. The molecule has 0 saturated carbocycles. The fourth-order valence-corrected chi connectivity index (χ4v) is 3.69. The van der Waals surface area contributed by atoms with Crippen LogP contribution >= 0.6 is 11.6 Å². The predicted octanol–water partition coefficient (Wildman–Crippen LogP) is 4.72. The number of nitrogens with one attached hydrogen (secondary N) is 1. The Morgan fingerprint density at radius 3 is 2.36 bits per heavy atom. The molecule has 1 N–H and O–H groups in total. The molecule has 28 heavy (non-hydrogen) atoms. The first-order chi connectivity index (χ1) is 13.4. The molecule has 0 radical (unpaired) electrons. The molecule has 0 amide bonds. The molecule has 0 aliphatic rings. The summed E-state index contributed by atoms with van der Waals surface area (Å²) in [6.45, 7) is 0. The van der Waals surface area contributed by atoms with Crippen LogP contribution in [0.25, 0.3) is 0 Å². The zero-order valence-corrected chi connectivity index (χ0v) is 16.3. The second kappa shape index (κ2) is 8.33. The van der Waals surface area contributed by atoms with E-state index in [4.69, 9.17) is 16.3 Å². The van der Waals surface area contributed by atoms with Gasteiger partial charge in [0.1, 0.15) is 5.75 Å². The largest absolute Gasteiger partial charge is 0.465 e. The van der Waals surface area contributed by atoms with Crippen molar-refractivity contribution in [3.05, 3.63) is 83.4 Å². The number of carbonyl (C=O) groups excluding carboxylic acids is 1. The van der Waals surface area contributed by atoms with Gasteiger partial charge in [0, 0.05) is 0 Å². The normalized spacial score (nSPS) is 10.9. The number of ether oxygens (including phenoxy) is 2. The second-order valence-electron chi connectivity index (χ2n) is 5.65. The molecular formula is C20H16ClNO5S. The van der Waals surface area contributed by atoms with Crippen LogP contribution in [-0.2, 0) is 14.8 Å². The van der Waals surface area contributed by atoms with Crippen LogP contribution in [0.2, 0.25) is 5.02 Å². The van der Waals surface area contributed by atoms with E-state index < -0.39 is 16.0 Å². The third-order valence-electron chi connectivity index (χ3n) is 3.76. The van der Waals surface area contributed by atoms with Crippen molar-refractivity contribution in [3.63, 3.8) is 0 Å². The SMILES string of the molecule is COC(=O)c1cc(S(=O)(=O)Nc2ccccc2Oc2ccccc2)ccc1Cl. The van der Waals surface area contributed by atoms with Gasteiger partial charge in [0.15, 0.2) is 5.75 Å². The Hall–Kier alpha value is -3.03. The van der Waals surface area contributed by atoms with E-state index in [1.54, 1.807) is 36.4 Å². The monoisotopic (exact) mass is 417 g/mol. The van der Waals surface area contributed by atoms with Crippen LogP contribution < -0.4 is 9.46 Å². The number of rotatable bonds is 6. The molecule has 6 nitrogen and oxygen atoms in total. The number of para-hydroxylation sites is 3. The lowest BCUT2D eigenvalue weighted by atomic mass is 10.2. The van der Waals surface area contributed by atoms with E-state index in [1.165, 1.54) is 19.2 Å². The molecule has 3 aromatic rings. The molecule has 144 valence electrons. The van der Waals surface area contributed by atoms with Gasteiger partial charge in [-0.3, -0.25) is 4.72 Å². The van der Waals surface area contributed by atoms with Gasteiger partial charge in [-0.15, -0.1) is 0 Å². The first kappa shape index (κ1) is 19.7. The maximum atomic E-state index is 12.8. The summed E-state index contributed by atoms with van der Waals surface area (Å²) in [6.07, 6.45) is 0. The Kier molecular flexibility index (Phi) is 5.87. The van der Waals surface area contributed by atoms with Crippen LogP contribution in [0.4, 0.5) is 5.69 Å². The maximum Gasteiger partial charge on any atom is 0.339 e. The summed E-state index contributed by atoms with van der Waals surface area (Å²) in [4.78, 5) is 11.7. The molecule has 0 aliphatic carbocycles. The summed E-state index contributed by atoms with van der Waals surface area (Å²) in [5, 5.41) is 0.0959. The number of esters is 1. The number of benzene rings is 3. The number of hydrogen-bond donors (Lipinski definition) is 1. The molecule has 8 heteroatoms. The fraction of sp³-hybridized carbons (Fsp3) is 0.0500. The second-order valence-corrected chi connectivity index (χ2v) is 7.74. The third-order valence-corrected chi connectivity index (χ3v) is 5.45. The number of hydrogen-bond acceptors (Lipinski definition) is 5. The Morgan fingerprint density at radius 2 is 1.64 bits per heavy atom. The molecule has 0 heterocycles. The Balaban J connectivity index is 1.92. The number of methoxy groups -OCH3 is 1. The number of halogens is 1. The van der Waals surface area contributed by atoms with Crippen molar-refractivity contribution in [2.24, 2.45) is 0 Å². The minimum atomic E-state index is -4.01. The summed E-state index contributed by atoms with van der Waals surface area (Å²) in [7, 11) is -2.82. The first-order valence-electron chi connectivity index (χ1n) is 8.13. The lowest BCUT2D eigenvalue weighted by molar-refractivity contribution is 0.0600. The van der Waals surface area contributed by atoms with E-state index in [0.717, 1.165) is 6.07 Å². The molecule has 0 unspecified atom stereocenters. The smallest absolute Gasteiger partial charge is 0.339 e.